The van der Waals surface area contributed by atoms with Crippen LogP contribution in [0.4, 0.5) is 24.9 Å². The second-order valence-electron chi connectivity index (χ2n) is 3.92. The van der Waals surface area contributed by atoms with Crippen LogP contribution in [0.3, 0.4) is 0 Å². The van der Waals surface area contributed by atoms with Crippen molar-refractivity contribution in [2.75, 3.05) is 30.0 Å². The Morgan fingerprint density at radius 1 is 1.32 bits per heavy atom. The van der Waals surface area contributed by atoms with Gasteiger partial charge in [0.2, 0.25) is 5.95 Å². The highest BCUT2D eigenvalue weighted by Crippen LogP contribution is 2.29. The zero-order valence-corrected chi connectivity index (χ0v) is 11.8. The van der Waals surface area contributed by atoms with E-state index >= 15 is 0 Å². The zero-order valence-electron chi connectivity index (χ0n) is 11.0. The van der Waals surface area contributed by atoms with Gasteiger partial charge in [0.1, 0.15) is 5.82 Å². The normalized spacial score (nSPS) is 13.2. The van der Waals surface area contributed by atoms with Gasteiger partial charge >= 0.3 is 6.18 Å². The fraction of sp³-hybridized carbons (Fsp3) is 0.636. The Hall–Kier alpha value is -1.18. The topological polar surface area (TPSA) is 49.8 Å². The van der Waals surface area contributed by atoms with Gasteiger partial charge in [-0.05, 0) is 13.2 Å². The van der Waals surface area contributed by atoms with Gasteiger partial charge in [0.15, 0.2) is 5.69 Å². The Labute approximate surface area is 114 Å². The Morgan fingerprint density at radius 3 is 2.53 bits per heavy atom. The number of nitrogens with one attached hydrogen (secondary N) is 2. The molecule has 0 aromatic carbocycles. The molecule has 1 atom stereocenters. The highest BCUT2D eigenvalue weighted by atomic mass is 32.2. The third kappa shape index (κ3) is 5.14. The van der Waals surface area contributed by atoms with Crippen LogP contribution in [0.25, 0.3) is 0 Å². The molecule has 1 rings (SSSR count). The van der Waals surface area contributed by atoms with Crippen molar-refractivity contribution >= 4 is 23.5 Å². The van der Waals surface area contributed by atoms with E-state index in [1.165, 1.54) is 0 Å². The number of nitrogens with zero attached hydrogens (tertiary/aromatic N) is 2. The molecule has 0 fully saturated rings. The van der Waals surface area contributed by atoms with E-state index in [4.69, 9.17) is 0 Å². The van der Waals surface area contributed by atoms with Crippen molar-refractivity contribution in [3.63, 3.8) is 0 Å². The van der Waals surface area contributed by atoms with E-state index in [0.717, 1.165) is 6.07 Å². The molecule has 0 bridgehead atoms. The maximum absolute atomic E-state index is 12.7. The summed E-state index contributed by atoms with van der Waals surface area (Å²) in [4.78, 5) is 7.45. The number of alkyl halides is 3. The Balaban J connectivity index is 2.93. The number of anilines is 2. The van der Waals surface area contributed by atoms with Crippen LogP contribution in [0.5, 0.6) is 0 Å². The van der Waals surface area contributed by atoms with Gasteiger partial charge in [-0.2, -0.15) is 29.9 Å². The van der Waals surface area contributed by atoms with Crippen LogP contribution in [0.2, 0.25) is 0 Å². The average molecular weight is 294 g/mol. The molecule has 0 saturated heterocycles. The van der Waals surface area contributed by atoms with Crippen LogP contribution in [0, 0.1) is 0 Å². The molecule has 2 N–H and O–H groups in total. The van der Waals surface area contributed by atoms with Crippen LogP contribution in [-0.4, -0.2) is 34.6 Å². The molecule has 0 amide bonds. The highest BCUT2D eigenvalue weighted by molar-refractivity contribution is 7.99. The zero-order chi connectivity index (χ0) is 14.5. The third-order valence-corrected chi connectivity index (χ3v) is 3.30. The molecule has 0 spiro atoms. The molecular weight excluding hydrogens is 277 g/mol. The predicted octanol–water partition coefficient (Wildman–Crippen LogP) is 3.09. The minimum Gasteiger partial charge on any atom is -0.369 e. The van der Waals surface area contributed by atoms with Crippen molar-refractivity contribution < 1.29 is 13.2 Å². The molecule has 8 heteroatoms. The van der Waals surface area contributed by atoms with Gasteiger partial charge in [0.05, 0.1) is 0 Å². The number of halogens is 3. The first-order valence-electron chi connectivity index (χ1n) is 5.83. The Bertz CT molecular complexity index is 411. The molecule has 0 aliphatic rings. The second-order valence-corrected chi connectivity index (χ2v) is 5.19. The molecular formula is C11H17F3N4S. The lowest BCUT2D eigenvalue weighted by atomic mass is 10.3. The number of hydrogen-bond acceptors (Lipinski definition) is 5. The van der Waals surface area contributed by atoms with Crippen molar-refractivity contribution in [1.82, 2.24) is 9.97 Å². The third-order valence-electron chi connectivity index (χ3n) is 2.32. The minimum atomic E-state index is -4.48. The SMILES string of the molecule is CCNc1nc(NCC(C)SC)cc(C(F)(F)F)n1. The largest absolute Gasteiger partial charge is 0.433 e. The van der Waals surface area contributed by atoms with E-state index in [1.54, 1.807) is 18.7 Å². The predicted molar refractivity (Wildman–Crippen MR) is 72.7 cm³/mol. The molecule has 0 aliphatic carbocycles. The van der Waals surface area contributed by atoms with Gasteiger partial charge in [-0.1, -0.05) is 6.92 Å². The van der Waals surface area contributed by atoms with Crippen LogP contribution in [-0.2, 0) is 6.18 Å². The summed E-state index contributed by atoms with van der Waals surface area (Å²) in [5, 5.41) is 5.87. The fourth-order valence-electron chi connectivity index (χ4n) is 1.25. The molecule has 0 radical (unpaired) electrons. The molecule has 1 aromatic heterocycles. The fourth-order valence-corrected chi connectivity index (χ4v) is 1.50. The van der Waals surface area contributed by atoms with Gasteiger partial charge in [0, 0.05) is 24.4 Å². The van der Waals surface area contributed by atoms with E-state index in [9.17, 15) is 13.2 Å². The molecule has 108 valence electrons. The maximum Gasteiger partial charge on any atom is 0.433 e. The van der Waals surface area contributed by atoms with Crippen molar-refractivity contribution in [2.45, 2.75) is 25.3 Å². The summed E-state index contributed by atoms with van der Waals surface area (Å²) in [5.41, 5.74) is -0.947. The first-order chi connectivity index (χ1) is 8.86. The molecule has 0 saturated carbocycles. The van der Waals surface area contributed by atoms with Crippen LogP contribution in [0.15, 0.2) is 6.07 Å². The van der Waals surface area contributed by atoms with Gasteiger partial charge in [-0.15, -0.1) is 0 Å². The molecule has 1 aromatic rings. The van der Waals surface area contributed by atoms with Crippen LogP contribution in [0.1, 0.15) is 19.5 Å². The lowest BCUT2D eigenvalue weighted by Gasteiger charge is -2.14. The van der Waals surface area contributed by atoms with E-state index in [1.807, 2.05) is 13.2 Å². The summed E-state index contributed by atoms with van der Waals surface area (Å²) in [6, 6.07) is 0.924. The smallest absolute Gasteiger partial charge is 0.369 e. The minimum absolute atomic E-state index is 0.0170. The summed E-state index contributed by atoms with van der Waals surface area (Å²) in [5.74, 6) is 0.163. The standard InChI is InChI=1S/C11H17F3N4S/c1-4-15-10-17-8(11(12,13)14)5-9(18-10)16-6-7(2)19-3/h5,7H,4,6H2,1-3H3,(H2,15,16,17,18). The summed E-state index contributed by atoms with van der Waals surface area (Å²) in [6.45, 7) is 4.75. The summed E-state index contributed by atoms with van der Waals surface area (Å²) < 4.78 is 38.1. The van der Waals surface area contributed by atoms with Gasteiger partial charge in [-0.25, -0.2) is 4.98 Å². The first kappa shape index (κ1) is 15.9. The van der Waals surface area contributed by atoms with Crippen molar-refractivity contribution in [2.24, 2.45) is 0 Å². The molecule has 4 nitrogen and oxygen atoms in total. The first-order valence-corrected chi connectivity index (χ1v) is 7.12. The molecule has 19 heavy (non-hydrogen) atoms. The number of aromatic nitrogens is 2. The van der Waals surface area contributed by atoms with E-state index in [-0.39, 0.29) is 17.0 Å². The monoisotopic (exact) mass is 294 g/mol. The van der Waals surface area contributed by atoms with Gasteiger partial charge in [-0.3, -0.25) is 0 Å². The second kappa shape index (κ2) is 6.83. The summed E-state index contributed by atoms with van der Waals surface area (Å²) >= 11 is 1.62. The summed E-state index contributed by atoms with van der Waals surface area (Å²) in [6.07, 6.45) is -2.54. The van der Waals surface area contributed by atoms with E-state index < -0.39 is 11.9 Å². The Kier molecular flexibility index (Phi) is 5.71. The maximum atomic E-state index is 12.7. The number of thioether (sulfide) groups is 1. The van der Waals surface area contributed by atoms with Crippen LogP contribution < -0.4 is 10.6 Å². The van der Waals surface area contributed by atoms with Gasteiger partial charge < -0.3 is 10.6 Å². The van der Waals surface area contributed by atoms with Crippen molar-refractivity contribution in [3.8, 4) is 0 Å². The summed E-state index contributed by atoms with van der Waals surface area (Å²) in [7, 11) is 0. The average Bonchev–Trinajstić information content (AvgIpc) is 2.35. The van der Waals surface area contributed by atoms with Crippen molar-refractivity contribution in [1.29, 1.82) is 0 Å². The quantitative estimate of drug-likeness (QED) is 0.844. The van der Waals surface area contributed by atoms with Gasteiger partial charge in [0.25, 0.3) is 0 Å². The molecule has 0 aliphatic heterocycles. The molecule has 1 heterocycles. The van der Waals surface area contributed by atoms with Crippen LogP contribution >= 0.6 is 11.8 Å². The van der Waals surface area contributed by atoms with E-state index in [0.29, 0.717) is 13.1 Å². The number of rotatable bonds is 6. The van der Waals surface area contributed by atoms with E-state index in [2.05, 4.69) is 20.6 Å². The lowest BCUT2D eigenvalue weighted by Crippen LogP contribution is -2.17. The van der Waals surface area contributed by atoms with Crippen molar-refractivity contribution in [3.05, 3.63) is 11.8 Å². The molecule has 1 unspecified atom stereocenters. The lowest BCUT2D eigenvalue weighted by molar-refractivity contribution is -0.141. The number of hydrogen-bond donors (Lipinski definition) is 2. The highest BCUT2D eigenvalue weighted by Gasteiger charge is 2.33. The Morgan fingerprint density at radius 2 is 2.00 bits per heavy atom.